The van der Waals surface area contributed by atoms with Gasteiger partial charge in [0.1, 0.15) is 0 Å². The van der Waals surface area contributed by atoms with Crippen LogP contribution in [0.25, 0.3) is 0 Å². The molecule has 0 amide bonds. The predicted octanol–water partition coefficient (Wildman–Crippen LogP) is 3.46. The minimum Gasteiger partial charge on any atom is -0.426 e. The summed E-state index contributed by atoms with van der Waals surface area (Å²) in [6.07, 6.45) is 4.14. The van der Waals surface area contributed by atoms with Gasteiger partial charge in [-0.25, -0.2) is 4.79 Å². The molecule has 19 heavy (non-hydrogen) atoms. The molecule has 0 aromatic heterocycles. The zero-order valence-electron chi connectivity index (χ0n) is 11.4. The second-order valence-electron chi connectivity index (χ2n) is 4.62. The summed E-state index contributed by atoms with van der Waals surface area (Å²) >= 11 is 0. The molecule has 0 aliphatic rings. The van der Waals surface area contributed by atoms with Gasteiger partial charge in [0.25, 0.3) is 0 Å². The Labute approximate surface area is 114 Å². The zero-order valence-corrected chi connectivity index (χ0v) is 11.4. The average Bonchev–Trinajstić information content (AvgIpc) is 2.39. The Kier molecular flexibility index (Phi) is 5.52. The van der Waals surface area contributed by atoms with E-state index in [-0.39, 0.29) is 0 Å². The van der Waals surface area contributed by atoms with Crippen molar-refractivity contribution < 1.29 is 14.6 Å². The molecule has 3 heteroatoms. The smallest absolute Gasteiger partial charge is 0.340 e. The maximum atomic E-state index is 11.9. The van der Waals surface area contributed by atoms with Gasteiger partial charge in [0.05, 0.1) is 5.56 Å². The molecular formula is C16H20O3. The molecule has 0 bridgehead atoms. The van der Waals surface area contributed by atoms with Gasteiger partial charge in [0, 0.05) is 6.42 Å². The predicted molar refractivity (Wildman–Crippen MR) is 75.7 cm³/mol. The molecule has 3 nitrogen and oxygen atoms in total. The molecule has 0 aliphatic carbocycles. The first-order valence-corrected chi connectivity index (χ1v) is 6.24. The summed E-state index contributed by atoms with van der Waals surface area (Å²) in [5.41, 5.74) is 1.56. The first kappa shape index (κ1) is 15.2. The summed E-state index contributed by atoms with van der Waals surface area (Å²) in [5, 5.41) is 10.2. The van der Waals surface area contributed by atoms with Crippen molar-refractivity contribution in [3.05, 3.63) is 60.2 Å². The van der Waals surface area contributed by atoms with Gasteiger partial charge in [0.15, 0.2) is 0 Å². The minimum absolute atomic E-state index is 0.292. The van der Waals surface area contributed by atoms with Crippen molar-refractivity contribution in [2.75, 3.05) is 0 Å². The van der Waals surface area contributed by atoms with Crippen molar-refractivity contribution in [1.29, 1.82) is 0 Å². The van der Waals surface area contributed by atoms with E-state index in [0.29, 0.717) is 18.4 Å². The van der Waals surface area contributed by atoms with Crippen molar-refractivity contribution in [3.63, 3.8) is 0 Å². The highest BCUT2D eigenvalue weighted by atomic mass is 16.7. The second kappa shape index (κ2) is 6.90. The number of esters is 1. The molecule has 1 atom stereocenters. The number of benzene rings is 1. The number of carbonyl (C=O) groups is 1. The van der Waals surface area contributed by atoms with Crippen molar-refractivity contribution >= 4 is 5.97 Å². The molecular weight excluding hydrogens is 240 g/mol. The molecule has 1 aromatic carbocycles. The lowest BCUT2D eigenvalue weighted by Gasteiger charge is -2.23. The van der Waals surface area contributed by atoms with E-state index in [1.165, 1.54) is 6.08 Å². The molecule has 0 radical (unpaired) electrons. The third-order valence-electron chi connectivity index (χ3n) is 2.65. The van der Waals surface area contributed by atoms with Crippen LogP contribution in [0.5, 0.6) is 0 Å². The summed E-state index contributed by atoms with van der Waals surface area (Å²) in [6.45, 7) is 7.48. The minimum atomic E-state index is -1.63. The molecule has 0 spiro atoms. The molecule has 0 saturated carbocycles. The van der Waals surface area contributed by atoms with Gasteiger partial charge in [-0.05, 0) is 38.5 Å². The number of allylic oxidation sites excluding steroid dienone is 2. The van der Waals surface area contributed by atoms with E-state index in [9.17, 15) is 9.90 Å². The number of carbonyl (C=O) groups excluding carboxylic acids is 1. The highest BCUT2D eigenvalue weighted by Crippen LogP contribution is 2.19. The number of aliphatic hydroxyl groups is 1. The Morgan fingerprint density at radius 2 is 2.00 bits per heavy atom. The fraction of sp³-hybridized carbons (Fsp3) is 0.312. The van der Waals surface area contributed by atoms with Crippen LogP contribution in [0.15, 0.2) is 54.6 Å². The van der Waals surface area contributed by atoms with Gasteiger partial charge in [-0.1, -0.05) is 36.4 Å². The maximum absolute atomic E-state index is 11.9. The molecule has 0 aliphatic heterocycles. The zero-order chi connectivity index (χ0) is 14.3. The standard InChI is InChI=1S/C16H20O3/c1-4-16(18,12-8-9-13(2)3)19-15(17)14-10-6-5-7-11-14/h4-7,9-11,18H,1,8,12H2,2-3H3/t16-/m0/s1. The Balaban J connectivity index is 2.67. The molecule has 102 valence electrons. The van der Waals surface area contributed by atoms with E-state index in [4.69, 9.17) is 4.74 Å². The number of hydrogen-bond donors (Lipinski definition) is 1. The van der Waals surface area contributed by atoms with Crippen LogP contribution in [0.4, 0.5) is 0 Å². The van der Waals surface area contributed by atoms with E-state index in [0.717, 1.165) is 5.57 Å². The first-order valence-electron chi connectivity index (χ1n) is 6.24. The van der Waals surface area contributed by atoms with Crippen LogP contribution in [0.2, 0.25) is 0 Å². The lowest BCUT2D eigenvalue weighted by molar-refractivity contribution is -0.131. The van der Waals surface area contributed by atoms with Crippen LogP contribution in [-0.2, 0) is 4.74 Å². The average molecular weight is 260 g/mol. The molecule has 1 rings (SSSR count). The van der Waals surface area contributed by atoms with Crippen LogP contribution in [-0.4, -0.2) is 16.9 Å². The van der Waals surface area contributed by atoms with Crippen LogP contribution < -0.4 is 0 Å². The van der Waals surface area contributed by atoms with Crippen LogP contribution >= 0.6 is 0 Å². The van der Waals surface area contributed by atoms with E-state index in [2.05, 4.69) is 6.58 Å². The molecule has 0 heterocycles. The Bertz CT molecular complexity index is 458. The third-order valence-corrected chi connectivity index (χ3v) is 2.65. The van der Waals surface area contributed by atoms with Crippen molar-refractivity contribution in [2.24, 2.45) is 0 Å². The lowest BCUT2D eigenvalue weighted by atomic mass is 10.1. The summed E-state index contributed by atoms with van der Waals surface area (Å²) in [5.74, 6) is -2.18. The number of rotatable bonds is 6. The fourth-order valence-corrected chi connectivity index (χ4v) is 1.56. The molecule has 0 unspecified atom stereocenters. The largest absolute Gasteiger partial charge is 0.426 e. The van der Waals surface area contributed by atoms with Gasteiger partial charge < -0.3 is 9.84 Å². The highest BCUT2D eigenvalue weighted by molar-refractivity contribution is 5.89. The van der Waals surface area contributed by atoms with E-state index in [1.54, 1.807) is 24.3 Å². The molecule has 1 aromatic rings. The van der Waals surface area contributed by atoms with Gasteiger partial charge >= 0.3 is 5.97 Å². The summed E-state index contributed by atoms with van der Waals surface area (Å²) in [7, 11) is 0. The molecule has 0 saturated heterocycles. The SMILES string of the molecule is C=C[C@@](O)(CCC=C(C)C)OC(=O)c1ccccc1. The van der Waals surface area contributed by atoms with E-state index >= 15 is 0 Å². The Morgan fingerprint density at radius 3 is 2.53 bits per heavy atom. The molecule has 0 fully saturated rings. The van der Waals surface area contributed by atoms with Crippen LogP contribution in [0.3, 0.4) is 0 Å². The van der Waals surface area contributed by atoms with Crippen LogP contribution in [0.1, 0.15) is 37.0 Å². The van der Waals surface area contributed by atoms with Gasteiger partial charge in [-0.2, -0.15) is 0 Å². The first-order chi connectivity index (χ1) is 8.97. The Morgan fingerprint density at radius 1 is 1.37 bits per heavy atom. The highest BCUT2D eigenvalue weighted by Gasteiger charge is 2.27. The van der Waals surface area contributed by atoms with Gasteiger partial charge in [-0.15, -0.1) is 0 Å². The van der Waals surface area contributed by atoms with E-state index in [1.807, 2.05) is 26.0 Å². The molecule has 1 N–H and O–H groups in total. The van der Waals surface area contributed by atoms with E-state index < -0.39 is 11.8 Å². The summed E-state index contributed by atoms with van der Waals surface area (Å²) in [6, 6.07) is 8.58. The summed E-state index contributed by atoms with van der Waals surface area (Å²) < 4.78 is 5.12. The van der Waals surface area contributed by atoms with Gasteiger partial charge in [0.2, 0.25) is 5.79 Å². The topological polar surface area (TPSA) is 46.5 Å². The quantitative estimate of drug-likeness (QED) is 0.484. The second-order valence-corrected chi connectivity index (χ2v) is 4.62. The number of ether oxygens (including phenoxy) is 1. The van der Waals surface area contributed by atoms with Crippen molar-refractivity contribution in [3.8, 4) is 0 Å². The fourth-order valence-electron chi connectivity index (χ4n) is 1.56. The maximum Gasteiger partial charge on any atom is 0.340 e. The summed E-state index contributed by atoms with van der Waals surface area (Å²) in [4.78, 5) is 11.9. The van der Waals surface area contributed by atoms with Crippen molar-refractivity contribution in [2.45, 2.75) is 32.5 Å². The van der Waals surface area contributed by atoms with Gasteiger partial charge in [-0.3, -0.25) is 0 Å². The monoisotopic (exact) mass is 260 g/mol. The third kappa shape index (κ3) is 5.10. The van der Waals surface area contributed by atoms with Crippen molar-refractivity contribution in [1.82, 2.24) is 0 Å². The Hall–Kier alpha value is -1.87. The number of hydrogen-bond acceptors (Lipinski definition) is 3. The lowest BCUT2D eigenvalue weighted by Crippen LogP contribution is -2.32. The normalized spacial score (nSPS) is 13.2. The van der Waals surface area contributed by atoms with Crippen LogP contribution in [0, 0.1) is 0 Å².